The van der Waals surface area contributed by atoms with Crippen LogP contribution >= 0.6 is 0 Å². The zero-order valence-corrected chi connectivity index (χ0v) is 19.8. The van der Waals surface area contributed by atoms with E-state index in [1.807, 2.05) is 86.6 Å². The van der Waals surface area contributed by atoms with Gasteiger partial charge in [-0.15, -0.1) is 0 Å². The number of rotatable bonds is 5. The highest BCUT2D eigenvalue weighted by Crippen LogP contribution is 2.28. The molecule has 5 aromatic rings. The Balaban J connectivity index is 1.74. The number of para-hydroxylation sites is 1. The van der Waals surface area contributed by atoms with Crippen LogP contribution in [0.4, 0.5) is 11.8 Å². The molecule has 0 radical (unpaired) electrons. The molecule has 2 heterocycles. The lowest BCUT2D eigenvalue weighted by Gasteiger charge is -2.21. The minimum atomic E-state index is -0.494. The van der Waals surface area contributed by atoms with E-state index < -0.39 is 6.04 Å². The highest BCUT2D eigenvalue weighted by atomic mass is 16.1. The third kappa shape index (κ3) is 4.14. The summed E-state index contributed by atoms with van der Waals surface area (Å²) in [6.45, 7) is 3.89. The molecular weight excluding hydrogens is 450 g/mol. The van der Waals surface area contributed by atoms with Gasteiger partial charge in [-0.1, -0.05) is 60.2 Å². The van der Waals surface area contributed by atoms with Crippen molar-refractivity contribution in [2.75, 3.05) is 11.1 Å². The number of aryl methyl sites for hydroxylation is 1. The molecule has 0 saturated heterocycles. The summed E-state index contributed by atoms with van der Waals surface area (Å²) in [5.41, 5.74) is 9.98. The van der Waals surface area contributed by atoms with Crippen LogP contribution in [0.2, 0.25) is 0 Å². The first-order valence-corrected chi connectivity index (χ1v) is 11.4. The van der Waals surface area contributed by atoms with Gasteiger partial charge in [-0.25, -0.2) is 9.97 Å². The molecule has 36 heavy (non-hydrogen) atoms. The lowest BCUT2D eigenvalue weighted by Crippen LogP contribution is -2.28. The first-order valence-electron chi connectivity index (χ1n) is 11.4. The number of anilines is 2. The SMILES string of the molecule is Cc1ccc(-c2cccc3nc([C@@H](C)Nc4nc(N)ncc4C#N)n(-c4ccccc4)c(=O)c23)cc1. The Morgan fingerprint density at radius 2 is 1.75 bits per heavy atom. The molecule has 0 amide bonds. The van der Waals surface area contributed by atoms with E-state index in [0.29, 0.717) is 22.4 Å². The van der Waals surface area contributed by atoms with Gasteiger partial charge >= 0.3 is 0 Å². The Bertz CT molecular complexity index is 1670. The first-order chi connectivity index (χ1) is 17.5. The normalized spacial score (nSPS) is 11.7. The summed E-state index contributed by atoms with van der Waals surface area (Å²) in [4.78, 5) is 27.1. The van der Waals surface area contributed by atoms with Crippen molar-refractivity contribution in [2.24, 2.45) is 0 Å². The number of nitrogens with two attached hydrogens (primary N) is 1. The molecule has 3 aromatic carbocycles. The van der Waals surface area contributed by atoms with Gasteiger partial charge in [0.15, 0.2) is 0 Å². The van der Waals surface area contributed by atoms with E-state index in [1.165, 1.54) is 6.20 Å². The molecular formula is C28H23N7O. The van der Waals surface area contributed by atoms with Crippen molar-refractivity contribution in [1.82, 2.24) is 19.5 Å². The van der Waals surface area contributed by atoms with Crippen molar-refractivity contribution in [3.8, 4) is 22.9 Å². The average molecular weight is 474 g/mol. The molecule has 2 aromatic heterocycles. The van der Waals surface area contributed by atoms with Gasteiger partial charge < -0.3 is 11.1 Å². The van der Waals surface area contributed by atoms with Crippen molar-refractivity contribution in [1.29, 1.82) is 5.26 Å². The lowest BCUT2D eigenvalue weighted by molar-refractivity contribution is 0.731. The zero-order chi connectivity index (χ0) is 25.2. The van der Waals surface area contributed by atoms with Crippen LogP contribution in [0.25, 0.3) is 27.7 Å². The largest absolute Gasteiger partial charge is 0.368 e. The van der Waals surface area contributed by atoms with Gasteiger partial charge in [-0.2, -0.15) is 10.2 Å². The standard InChI is InChI=1S/C28H23N7O/c1-17-11-13-19(14-12-17)22-9-6-10-23-24(22)27(36)35(21-7-4-3-5-8-21)26(33-23)18(2)32-25-20(15-29)16-31-28(30)34-25/h3-14,16,18H,1-2H3,(H3,30,31,32,34)/t18-/m1/s1. The van der Waals surface area contributed by atoms with E-state index in [4.69, 9.17) is 10.7 Å². The molecule has 8 heteroatoms. The van der Waals surface area contributed by atoms with Crippen molar-refractivity contribution in [2.45, 2.75) is 19.9 Å². The van der Waals surface area contributed by atoms with E-state index in [2.05, 4.69) is 21.4 Å². The first kappa shape index (κ1) is 22.7. The van der Waals surface area contributed by atoms with Gasteiger partial charge in [0.05, 0.1) is 28.8 Å². The van der Waals surface area contributed by atoms with Gasteiger partial charge in [0.1, 0.15) is 23.3 Å². The molecule has 0 aliphatic heterocycles. The second-order valence-corrected chi connectivity index (χ2v) is 8.48. The van der Waals surface area contributed by atoms with Gasteiger partial charge in [0.2, 0.25) is 5.95 Å². The highest BCUT2D eigenvalue weighted by Gasteiger charge is 2.21. The van der Waals surface area contributed by atoms with E-state index in [9.17, 15) is 10.1 Å². The van der Waals surface area contributed by atoms with Gasteiger partial charge in [-0.3, -0.25) is 9.36 Å². The predicted octanol–water partition coefficient (Wildman–Crippen LogP) is 4.78. The number of aromatic nitrogens is 4. The van der Waals surface area contributed by atoms with Crippen LogP contribution in [-0.4, -0.2) is 19.5 Å². The number of hydrogen-bond acceptors (Lipinski definition) is 7. The maximum absolute atomic E-state index is 14.1. The second kappa shape index (κ2) is 9.31. The van der Waals surface area contributed by atoms with Crippen LogP contribution in [0.3, 0.4) is 0 Å². The van der Waals surface area contributed by atoms with E-state index in [-0.39, 0.29) is 22.9 Å². The second-order valence-electron chi connectivity index (χ2n) is 8.48. The van der Waals surface area contributed by atoms with Gasteiger partial charge in [0.25, 0.3) is 5.56 Å². The molecule has 3 N–H and O–H groups in total. The lowest BCUT2D eigenvalue weighted by atomic mass is 10.00. The third-order valence-electron chi connectivity index (χ3n) is 5.97. The molecule has 0 unspecified atom stereocenters. The zero-order valence-electron chi connectivity index (χ0n) is 19.8. The Labute approximate surface area is 207 Å². The Kier molecular flexibility index (Phi) is 5.88. The monoisotopic (exact) mass is 473 g/mol. The number of nitrogen functional groups attached to an aromatic ring is 1. The van der Waals surface area contributed by atoms with E-state index in [0.717, 1.165) is 16.7 Å². The van der Waals surface area contributed by atoms with Gasteiger partial charge in [0, 0.05) is 0 Å². The number of nitrogens with zero attached hydrogens (tertiary/aromatic N) is 5. The Morgan fingerprint density at radius 1 is 1.00 bits per heavy atom. The third-order valence-corrected chi connectivity index (χ3v) is 5.97. The number of fused-ring (bicyclic) bond motifs is 1. The molecule has 0 saturated carbocycles. The quantitative estimate of drug-likeness (QED) is 0.377. The number of nitrogens with one attached hydrogen (secondary N) is 1. The number of nitriles is 1. The van der Waals surface area contributed by atoms with Crippen LogP contribution in [0.1, 0.15) is 29.9 Å². The fourth-order valence-corrected chi connectivity index (χ4v) is 4.20. The minimum absolute atomic E-state index is 0.0401. The van der Waals surface area contributed by atoms with Crippen LogP contribution in [-0.2, 0) is 0 Å². The Morgan fingerprint density at radius 3 is 2.47 bits per heavy atom. The maximum atomic E-state index is 14.1. The fourth-order valence-electron chi connectivity index (χ4n) is 4.20. The Hall–Kier alpha value is -5.03. The molecule has 0 spiro atoms. The molecule has 0 aliphatic rings. The molecule has 1 atom stereocenters. The van der Waals surface area contributed by atoms with Crippen LogP contribution in [0.5, 0.6) is 0 Å². The van der Waals surface area contributed by atoms with E-state index >= 15 is 0 Å². The maximum Gasteiger partial charge on any atom is 0.266 e. The van der Waals surface area contributed by atoms with Crippen LogP contribution in [0, 0.1) is 18.3 Å². The number of hydrogen-bond donors (Lipinski definition) is 2. The van der Waals surface area contributed by atoms with Crippen molar-refractivity contribution in [3.63, 3.8) is 0 Å². The van der Waals surface area contributed by atoms with Crippen LogP contribution < -0.4 is 16.6 Å². The average Bonchev–Trinajstić information content (AvgIpc) is 2.89. The highest BCUT2D eigenvalue weighted by molar-refractivity contribution is 5.94. The summed E-state index contributed by atoms with van der Waals surface area (Å²) in [6, 6.07) is 24.7. The summed E-state index contributed by atoms with van der Waals surface area (Å²) in [6.07, 6.45) is 1.36. The van der Waals surface area contributed by atoms with E-state index in [1.54, 1.807) is 4.57 Å². The molecule has 176 valence electrons. The molecule has 0 aliphatic carbocycles. The molecule has 5 rings (SSSR count). The summed E-state index contributed by atoms with van der Waals surface area (Å²) in [5, 5.41) is 13.2. The van der Waals surface area contributed by atoms with Gasteiger partial charge in [-0.05, 0) is 43.2 Å². The fraction of sp³-hybridized carbons (Fsp3) is 0.107. The van der Waals surface area contributed by atoms with Crippen LogP contribution in [0.15, 0.2) is 83.8 Å². The predicted molar refractivity (Wildman–Crippen MR) is 141 cm³/mol. The molecule has 8 nitrogen and oxygen atoms in total. The number of benzene rings is 3. The summed E-state index contributed by atoms with van der Waals surface area (Å²) < 4.78 is 1.61. The summed E-state index contributed by atoms with van der Waals surface area (Å²) in [5.74, 6) is 0.791. The topological polar surface area (TPSA) is 123 Å². The smallest absolute Gasteiger partial charge is 0.266 e. The molecule has 0 fully saturated rings. The van der Waals surface area contributed by atoms with Crippen molar-refractivity contribution >= 4 is 22.7 Å². The summed E-state index contributed by atoms with van der Waals surface area (Å²) >= 11 is 0. The van der Waals surface area contributed by atoms with Crippen molar-refractivity contribution in [3.05, 3.63) is 106 Å². The van der Waals surface area contributed by atoms with Crippen molar-refractivity contribution < 1.29 is 0 Å². The summed E-state index contributed by atoms with van der Waals surface area (Å²) in [7, 11) is 0. The molecule has 0 bridgehead atoms. The minimum Gasteiger partial charge on any atom is -0.368 e.